The van der Waals surface area contributed by atoms with Crippen LogP contribution in [0.25, 0.3) is 0 Å². The third kappa shape index (κ3) is 3.20. The fourth-order valence-corrected chi connectivity index (χ4v) is 3.98. The predicted octanol–water partition coefficient (Wildman–Crippen LogP) is 2.14. The maximum atomic E-state index is 12.5. The van der Waals surface area contributed by atoms with Crippen molar-refractivity contribution in [1.82, 2.24) is 10.2 Å². The zero-order valence-electron chi connectivity index (χ0n) is 14.4. The van der Waals surface area contributed by atoms with E-state index in [1.54, 1.807) is 19.1 Å². The molecule has 2 aliphatic rings. The molecule has 2 fully saturated rings. The third-order valence-corrected chi connectivity index (χ3v) is 5.59. The van der Waals surface area contributed by atoms with Gasteiger partial charge in [-0.15, -0.1) is 0 Å². The van der Waals surface area contributed by atoms with E-state index in [4.69, 9.17) is 0 Å². The van der Waals surface area contributed by atoms with Crippen molar-refractivity contribution in [2.24, 2.45) is 11.8 Å². The third-order valence-electron chi connectivity index (χ3n) is 5.59. The molecule has 1 saturated carbocycles. The summed E-state index contributed by atoms with van der Waals surface area (Å²) in [6.07, 6.45) is 0. The van der Waals surface area contributed by atoms with Crippen LogP contribution in [0.4, 0.5) is 0 Å². The van der Waals surface area contributed by atoms with Crippen molar-refractivity contribution in [2.75, 3.05) is 13.1 Å². The van der Waals surface area contributed by atoms with Crippen LogP contribution in [0.5, 0.6) is 0 Å². The maximum absolute atomic E-state index is 12.5. The van der Waals surface area contributed by atoms with E-state index in [1.807, 2.05) is 24.3 Å². The minimum atomic E-state index is -1.48. The molecular formula is C21H24N2O2. The van der Waals surface area contributed by atoms with Gasteiger partial charge in [-0.05, 0) is 29.9 Å². The highest BCUT2D eigenvalue weighted by atomic mass is 16.3. The normalized spacial score (nSPS) is 27.4. The van der Waals surface area contributed by atoms with Gasteiger partial charge in [0.2, 0.25) is 0 Å². The van der Waals surface area contributed by atoms with Crippen LogP contribution in [-0.2, 0) is 16.9 Å². The Morgan fingerprint density at radius 2 is 1.64 bits per heavy atom. The fraction of sp³-hybridized carbons (Fsp3) is 0.381. The first kappa shape index (κ1) is 16.3. The summed E-state index contributed by atoms with van der Waals surface area (Å²) in [5, 5.41) is 13.7. The molecule has 130 valence electrons. The highest BCUT2D eigenvalue weighted by molar-refractivity contribution is 5.86. The molecule has 1 heterocycles. The van der Waals surface area contributed by atoms with Crippen LogP contribution >= 0.6 is 0 Å². The van der Waals surface area contributed by atoms with Gasteiger partial charge in [0.1, 0.15) is 0 Å². The van der Waals surface area contributed by atoms with Gasteiger partial charge in [-0.2, -0.15) is 0 Å². The van der Waals surface area contributed by atoms with Crippen LogP contribution in [0.2, 0.25) is 0 Å². The van der Waals surface area contributed by atoms with E-state index in [2.05, 4.69) is 34.5 Å². The number of aliphatic hydroxyl groups is 1. The van der Waals surface area contributed by atoms with Crippen molar-refractivity contribution >= 4 is 5.91 Å². The lowest BCUT2D eigenvalue weighted by Crippen LogP contribution is -2.45. The number of piperidine rings is 1. The average molecular weight is 336 g/mol. The first-order valence-corrected chi connectivity index (χ1v) is 8.91. The number of fused-ring (bicyclic) bond motifs is 1. The highest BCUT2D eigenvalue weighted by Crippen LogP contribution is 2.46. The van der Waals surface area contributed by atoms with Gasteiger partial charge in [0, 0.05) is 25.7 Å². The number of rotatable bonds is 5. The molecule has 2 N–H and O–H groups in total. The Kier molecular flexibility index (Phi) is 4.10. The monoisotopic (exact) mass is 336 g/mol. The number of likely N-dealkylation sites (tertiary alicyclic amines) is 1. The van der Waals surface area contributed by atoms with Crippen molar-refractivity contribution < 1.29 is 9.90 Å². The zero-order chi connectivity index (χ0) is 17.4. The summed E-state index contributed by atoms with van der Waals surface area (Å²) >= 11 is 0. The molecule has 1 saturated heterocycles. The number of nitrogens with one attached hydrogen (secondary N) is 1. The van der Waals surface area contributed by atoms with Gasteiger partial charge < -0.3 is 10.4 Å². The van der Waals surface area contributed by atoms with Gasteiger partial charge in [-0.25, -0.2) is 0 Å². The molecule has 1 amide bonds. The second-order valence-electron chi connectivity index (χ2n) is 7.44. The molecule has 2 aromatic rings. The summed E-state index contributed by atoms with van der Waals surface area (Å²) < 4.78 is 0. The van der Waals surface area contributed by atoms with Crippen LogP contribution in [-0.4, -0.2) is 35.0 Å². The number of carbonyl (C=O) groups excluding carboxylic acids is 1. The Morgan fingerprint density at radius 1 is 1.08 bits per heavy atom. The molecule has 25 heavy (non-hydrogen) atoms. The van der Waals surface area contributed by atoms with Crippen LogP contribution < -0.4 is 5.32 Å². The maximum Gasteiger partial charge on any atom is 0.256 e. The Hall–Kier alpha value is -2.17. The summed E-state index contributed by atoms with van der Waals surface area (Å²) in [7, 11) is 0. The molecule has 4 atom stereocenters. The van der Waals surface area contributed by atoms with Crippen LogP contribution in [0, 0.1) is 11.8 Å². The van der Waals surface area contributed by atoms with Gasteiger partial charge in [0.15, 0.2) is 5.60 Å². The first-order valence-electron chi connectivity index (χ1n) is 8.91. The topological polar surface area (TPSA) is 52.6 Å². The van der Waals surface area contributed by atoms with Gasteiger partial charge in [0.05, 0.1) is 0 Å². The zero-order valence-corrected chi connectivity index (χ0v) is 14.4. The molecule has 0 bridgehead atoms. The summed E-state index contributed by atoms with van der Waals surface area (Å²) in [4.78, 5) is 15.0. The van der Waals surface area contributed by atoms with Crippen LogP contribution in [0.3, 0.4) is 0 Å². The molecule has 0 aromatic heterocycles. The number of nitrogens with zero attached hydrogens (tertiary/aromatic N) is 1. The summed E-state index contributed by atoms with van der Waals surface area (Å²) in [6.45, 7) is 4.56. The molecule has 4 rings (SSSR count). The quantitative estimate of drug-likeness (QED) is 0.880. The van der Waals surface area contributed by atoms with E-state index >= 15 is 0 Å². The van der Waals surface area contributed by atoms with Crippen molar-refractivity contribution in [1.29, 1.82) is 0 Å². The Balaban J connectivity index is 1.31. The fourth-order valence-electron chi connectivity index (χ4n) is 3.98. The smallest absolute Gasteiger partial charge is 0.256 e. The predicted molar refractivity (Wildman–Crippen MR) is 96.6 cm³/mol. The summed E-state index contributed by atoms with van der Waals surface area (Å²) in [6, 6.07) is 19.8. The largest absolute Gasteiger partial charge is 0.376 e. The van der Waals surface area contributed by atoms with Gasteiger partial charge in [0.25, 0.3) is 5.91 Å². The number of hydrogen-bond donors (Lipinski definition) is 2. The van der Waals surface area contributed by atoms with Crippen molar-refractivity contribution in [3.8, 4) is 0 Å². The van der Waals surface area contributed by atoms with Gasteiger partial charge in [-0.3, -0.25) is 9.69 Å². The Bertz CT molecular complexity index is 733. The minimum absolute atomic E-state index is 0.203. The molecule has 0 radical (unpaired) electrons. The second-order valence-corrected chi connectivity index (χ2v) is 7.44. The van der Waals surface area contributed by atoms with Crippen LogP contribution in [0.1, 0.15) is 18.1 Å². The first-order chi connectivity index (χ1) is 12.1. The molecular weight excluding hydrogens is 312 g/mol. The Labute approximate surface area is 148 Å². The molecule has 4 heteroatoms. The highest BCUT2D eigenvalue weighted by Gasteiger charge is 2.57. The molecule has 1 aliphatic carbocycles. The lowest BCUT2D eigenvalue weighted by Gasteiger charge is -2.25. The number of hydrogen-bond acceptors (Lipinski definition) is 3. The summed E-state index contributed by atoms with van der Waals surface area (Å²) in [5.41, 5.74) is 0.474. The minimum Gasteiger partial charge on any atom is -0.376 e. The molecule has 2 aromatic carbocycles. The standard InChI is InChI=1S/C21H24N2O2/c1-21(25,16-10-6-3-7-11-16)20(24)22-19-17-13-23(14-18(17)19)12-15-8-4-2-5-9-15/h2-11,17-19,25H,12-14H2,1H3,(H,22,24)/t17-,18+,19?,21?. The van der Waals surface area contributed by atoms with Crippen molar-refractivity contribution in [3.05, 3.63) is 71.8 Å². The average Bonchev–Trinajstić information content (AvgIpc) is 3.07. The van der Waals surface area contributed by atoms with Crippen LogP contribution in [0.15, 0.2) is 60.7 Å². The number of benzene rings is 2. The van der Waals surface area contributed by atoms with Gasteiger partial charge in [-0.1, -0.05) is 60.7 Å². The molecule has 2 unspecified atom stereocenters. The van der Waals surface area contributed by atoms with E-state index in [0.717, 1.165) is 19.6 Å². The molecule has 4 nitrogen and oxygen atoms in total. The van der Waals surface area contributed by atoms with E-state index in [0.29, 0.717) is 17.4 Å². The summed E-state index contributed by atoms with van der Waals surface area (Å²) in [5.74, 6) is 0.728. The van der Waals surface area contributed by atoms with Crippen molar-refractivity contribution in [3.63, 3.8) is 0 Å². The molecule has 1 aliphatic heterocycles. The van der Waals surface area contributed by atoms with Gasteiger partial charge >= 0.3 is 0 Å². The SMILES string of the molecule is CC(O)(C(=O)NC1[C@H]2CN(Cc3ccccc3)C[C@@H]12)c1ccccc1. The second kappa shape index (κ2) is 6.28. The van der Waals surface area contributed by atoms with E-state index in [-0.39, 0.29) is 11.9 Å². The van der Waals surface area contributed by atoms with Crippen molar-refractivity contribution in [2.45, 2.75) is 25.1 Å². The van der Waals surface area contributed by atoms with E-state index < -0.39 is 5.60 Å². The Morgan fingerprint density at radius 3 is 2.24 bits per heavy atom. The lowest BCUT2D eigenvalue weighted by atomic mass is 9.95. The molecule has 0 spiro atoms. The van der Waals surface area contributed by atoms with E-state index in [9.17, 15) is 9.90 Å². The number of carbonyl (C=O) groups is 1. The van der Waals surface area contributed by atoms with E-state index in [1.165, 1.54) is 5.56 Å². The number of amides is 1. The lowest BCUT2D eigenvalue weighted by molar-refractivity contribution is -0.139.